The van der Waals surface area contributed by atoms with Gasteiger partial charge in [0.25, 0.3) is 5.91 Å². The minimum atomic E-state index is -0.222. The lowest BCUT2D eigenvalue weighted by Gasteiger charge is -2.10. The van der Waals surface area contributed by atoms with Crippen LogP contribution in [-0.4, -0.2) is 21.7 Å². The number of H-pyrrole nitrogens is 1. The first kappa shape index (κ1) is 14.0. The molecule has 3 rings (SSSR count). The van der Waals surface area contributed by atoms with Gasteiger partial charge in [-0.3, -0.25) is 9.59 Å². The van der Waals surface area contributed by atoms with Gasteiger partial charge in [-0.05, 0) is 43.7 Å². The van der Waals surface area contributed by atoms with Crippen LogP contribution in [0.4, 0.5) is 5.69 Å². The SMILES string of the molecule is CC(=O)c1ccc(C)c(NC(=O)c2ccc3nc[nH]c3c2)c1. The van der Waals surface area contributed by atoms with Gasteiger partial charge >= 0.3 is 0 Å². The predicted octanol–water partition coefficient (Wildman–Crippen LogP) is 3.33. The molecule has 3 aromatic rings. The molecule has 0 spiro atoms. The molecule has 0 unspecified atom stereocenters. The summed E-state index contributed by atoms with van der Waals surface area (Å²) in [5.74, 6) is -0.255. The number of fused-ring (bicyclic) bond motifs is 1. The van der Waals surface area contributed by atoms with Gasteiger partial charge in [0.05, 0.1) is 17.4 Å². The molecule has 0 aliphatic carbocycles. The maximum Gasteiger partial charge on any atom is 0.255 e. The van der Waals surface area contributed by atoms with Gasteiger partial charge in [-0.2, -0.15) is 0 Å². The van der Waals surface area contributed by atoms with Crippen LogP contribution in [0.3, 0.4) is 0 Å². The Balaban J connectivity index is 1.90. The number of anilines is 1. The molecule has 110 valence electrons. The number of hydrogen-bond acceptors (Lipinski definition) is 3. The number of ketones is 1. The molecule has 0 aliphatic rings. The zero-order chi connectivity index (χ0) is 15.7. The second kappa shape index (κ2) is 5.44. The number of amides is 1. The van der Waals surface area contributed by atoms with E-state index in [1.807, 2.05) is 13.0 Å². The Morgan fingerprint density at radius 1 is 1.09 bits per heavy atom. The van der Waals surface area contributed by atoms with E-state index in [1.165, 1.54) is 6.92 Å². The molecule has 2 aromatic carbocycles. The number of imidazole rings is 1. The van der Waals surface area contributed by atoms with Crippen LogP contribution < -0.4 is 5.32 Å². The molecule has 0 atom stereocenters. The molecule has 0 saturated heterocycles. The highest BCUT2D eigenvalue weighted by Crippen LogP contribution is 2.19. The number of hydrogen-bond donors (Lipinski definition) is 2. The Kier molecular flexibility index (Phi) is 3.47. The Bertz CT molecular complexity index is 880. The van der Waals surface area contributed by atoms with Gasteiger partial charge in [0, 0.05) is 16.8 Å². The summed E-state index contributed by atoms with van der Waals surface area (Å²) in [6.45, 7) is 3.39. The van der Waals surface area contributed by atoms with E-state index in [-0.39, 0.29) is 11.7 Å². The minimum Gasteiger partial charge on any atom is -0.345 e. The van der Waals surface area contributed by atoms with Crippen molar-refractivity contribution < 1.29 is 9.59 Å². The number of nitrogens with one attached hydrogen (secondary N) is 2. The molecule has 22 heavy (non-hydrogen) atoms. The van der Waals surface area contributed by atoms with Crippen molar-refractivity contribution in [1.29, 1.82) is 0 Å². The number of aromatic nitrogens is 2. The summed E-state index contributed by atoms with van der Waals surface area (Å²) < 4.78 is 0. The molecule has 0 fully saturated rings. The zero-order valence-corrected chi connectivity index (χ0v) is 12.3. The van der Waals surface area contributed by atoms with Crippen molar-refractivity contribution in [3.63, 3.8) is 0 Å². The number of nitrogens with zero attached hydrogens (tertiary/aromatic N) is 1. The first-order valence-electron chi connectivity index (χ1n) is 6.90. The molecule has 1 amide bonds. The van der Waals surface area contributed by atoms with Crippen LogP contribution in [0.15, 0.2) is 42.7 Å². The maximum absolute atomic E-state index is 12.4. The van der Waals surface area contributed by atoms with E-state index >= 15 is 0 Å². The number of carbonyl (C=O) groups is 2. The third kappa shape index (κ3) is 2.61. The van der Waals surface area contributed by atoms with Crippen molar-refractivity contribution in [3.8, 4) is 0 Å². The van der Waals surface area contributed by atoms with Crippen LogP contribution in [0.1, 0.15) is 33.2 Å². The number of aromatic amines is 1. The third-order valence-corrected chi connectivity index (χ3v) is 3.57. The minimum absolute atomic E-state index is 0.0330. The van der Waals surface area contributed by atoms with Crippen LogP contribution in [0.25, 0.3) is 11.0 Å². The Morgan fingerprint density at radius 2 is 1.86 bits per heavy atom. The number of carbonyl (C=O) groups excluding carboxylic acids is 2. The number of Topliss-reactive ketones (excluding diaryl/α,β-unsaturated/α-hetero) is 1. The molecule has 0 radical (unpaired) electrons. The van der Waals surface area contributed by atoms with Gasteiger partial charge < -0.3 is 10.3 Å². The molecule has 1 heterocycles. The summed E-state index contributed by atoms with van der Waals surface area (Å²) in [6, 6.07) is 10.5. The molecule has 0 aliphatic heterocycles. The highest BCUT2D eigenvalue weighted by molar-refractivity contribution is 6.07. The Morgan fingerprint density at radius 3 is 2.64 bits per heavy atom. The van der Waals surface area contributed by atoms with Gasteiger partial charge in [0.1, 0.15) is 0 Å². The fourth-order valence-electron chi connectivity index (χ4n) is 2.25. The predicted molar refractivity (Wildman–Crippen MR) is 85.2 cm³/mol. The fourth-order valence-corrected chi connectivity index (χ4v) is 2.25. The van der Waals surface area contributed by atoms with E-state index in [0.29, 0.717) is 16.8 Å². The standard InChI is InChI=1S/C17H15N3O2/c1-10-3-4-12(11(2)21)7-15(10)20-17(22)13-5-6-14-16(8-13)19-9-18-14/h3-9H,1-2H3,(H,18,19)(H,20,22). The Labute approximate surface area is 127 Å². The largest absolute Gasteiger partial charge is 0.345 e. The van der Waals surface area contributed by atoms with Crippen molar-refractivity contribution in [2.75, 3.05) is 5.32 Å². The van der Waals surface area contributed by atoms with Crippen molar-refractivity contribution in [2.45, 2.75) is 13.8 Å². The first-order chi connectivity index (χ1) is 10.5. The van der Waals surface area contributed by atoms with Gasteiger partial charge in [-0.1, -0.05) is 12.1 Å². The average molecular weight is 293 g/mol. The third-order valence-electron chi connectivity index (χ3n) is 3.57. The zero-order valence-electron chi connectivity index (χ0n) is 12.3. The molecule has 5 nitrogen and oxygen atoms in total. The Hall–Kier alpha value is -2.95. The van der Waals surface area contributed by atoms with Crippen LogP contribution in [-0.2, 0) is 0 Å². The summed E-state index contributed by atoms with van der Waals surface area (Å²) in [4.78, 5) is 30.9. The van der Waals surface area contributed by atoms with Crippen molar-refractivity contribution in [2.24, 2.45) is 0 Å². The van der Waals surface area contributed by atoms with Gasteiger partial charge in [-0.25, -0.2) is 4.98 Å². The number of aryl methyl sites for hydroxylation is 1. The van der Waals surface area contributed by atoms with Crippen molar-refractivity contribution >= 4 is 28.4 Å². The topological polar surface area (TPSA) is 74.8 Å². The molecule has 2 N–H and O–H groups in total. The van der Waals surface area contributed by atoms with E-state index in [4.69, 9.17) is 0 Å². The molecule has 0 bridgehead atoms. The highest BCUT2D eigenvalue weighted by Gasteiger charge is 2.10. The van der Waals surface area contributed by atoms with Crippen molar-refractivity contribution in [3.05, 3.63) is 59.4 Å². The number of benzene rings is 2. The summed E-state index contributed by atoms with van der Waals surface area (Å²) in [5.41, 5.74) is 4.27. The molecular weight excluding hydrogens is 278 g/mol. The molecule has 1 aromatic heterocycles. The lowest BCUT2D eigenvalue weighted by molar-refractivity contribution is 0.101. The second-order valence-corrected chi connectivity index (χ2v) is 5.17. The molecule has 5 heteroatoms. The maximum atomic E-state index is 12.4. The monoisotopic (exact) mass is 293 g/mol. The fraction of sp³-hybridized carbons (Fsp3) is 0.118. The van der Waals surface area contributed by atoms with E-state index in [1.54, 1.807) is 36.7 Å². The van der Waals surface area contributed by atoms with E-state index in [2.05, 4.69) is 15.3 Å². The van der Waals surface area contributed by atoms with E-state index < -0.39 is 0 Å². The van der Waals surface area contributed by atoms with Gasteiger partial charge in [0.15, 0.2) is 5.78 Å². The average Bonchev–Trinajstić information content (AvgIpc) is 2.96. The van der Waals surface area contributed by atoms with E-state index in [0.717, 1.165) is 16.6 Å². The lowest BCUT2D eigenvalue weighted by Crippen LogP contribution is -2.13. The second-order valence-electron chi connectivity index (χ2n) is 5.17. The van der Waals surface area contributed by atoms with Crippen LogP contribution in [0, 0.1) is 6.92 Å². The number of rotatable bonds is 3. The van der Waals surface area contributed by atoms with Crippen LogP contribution in [0.2, 0.25) is 0 Å². The molecular formula is C17H15N3O2. The van der Waals surface area contributed by atoms with E-state index in [9.17, 15) is 9.59 Å². The summed E-state index contributed by atoms with van der Waals surface area (Å²) in [7, 11) is 0. The normalized spacial score (nSPS) is 10.6. The smallest absolute Gasteiger partial charge is 0.255 e. The highest BCUT2D eigenvalue weighted by atomic mass is 16.1. The van der Waals surface area contributed by atoms with Crippen LogP contribution >= 0.6 is 0 Å². The first-order valence-corrected chi connectivity index (χ1v) is 6.90. The summed E-state index contributed by atoms with van der Waals surface area (Å²) in [6.07, 6.45) is 1.59. The quantitative estimate of drug-likeness (QED) is 0.727. The van der Waals surface area contributed by atoms with Gasteiger partial charge in [0.2, 0.25) is 0 Å². The lowest BCUT2D eigenvalue weighted by atomic mass is 10.1. The van der Waals surface area contributed by atoms with Gasteiger partial charge in [-0.15, -0.1) is 0 Å². The summed E-state index contributed by atoms with van der Waals surface area (Å²) >= 11 is 0. The summed E-state index contributed by atoms with van der Waals surface area (Å²) in [5, 5.41) is 2.85. The van der Waals surface area contributed by atoms with Crippen molar-refractivity contribution in [1.82, 2.24) is 9.97 Å². The molecule has 0 saturated carbocycles. The van der Waals surface area contributed by atoms with Crippen LogP contribution in [0.5, 0.6) is 0 Å².